The van der Waals surface area contributed by atoms with E-state index < -0.39 is 66.8 Å². The third kappa shape index (κ3) is 7.00. The van der Waals surface area contributed by atoms with Crippen LogP contribution in [0.3, 0.4) is 0 Å². The Hall–Kier alpha value is -3.49. The third-order valence-corrected chi connectivity index (χ3v) is 4.87. The van der Waals surface area contributed by atoms with Gasteiger partial charge in [-0.3, -0.25) is 19.3 Å². The molecule has 1 fully saturated rings. The number of rotatable bonds is 11. The van der Waals surface area contributed by atoms with Gasteiger partial charge in [0.2, 0.25) is 5.91 Å². The highest BCUT2D eigenvalue weighted by atomic mass is 16.6. The van der Waals surface area contributed by atoms with Crippen LogP contribution >= 0.6 is 0 Å². The van der Waals surface area contributed by atoms with E-state index in [1.165, 1.54) is 12.3 Å². The number of ether oxygens (including phenoxy) is 2. The van der Waals surface area contributed by atoms with E-state index in [-0.39, 0.29) is 26.0 Å². The number of aliphatic carboxylic acids is 1. The molecule has 0 aromatic rings. The summed E-state index contributed by atoms with van der Waals surface area (Å²) in [4.78, 5) is 60.1. The Balaban J connectivity index is 1.81. The lowest BCUT2D eigenvalue weighted by Crippen LogP contribution is -2.49. The Bertz CT molecular complexity index is 860. The van der Waals surface area contributed by atoms with E-state index in [1.807, 2.05) is 0 Å². The zero-order chi connectivity index (χ0) is 25.4. The van der Waals surface area contributed by atoms with E-state index >= 15 is 0 Å². The van der Waals surface area contributed by atoms with Crippen molar-refractivity contribution < 1.29 is 48.8 Å². The Kier molecular flexibility index (Phi) is 9.53. The number of aliphatic hydroxyl groups is 2. The number of carbonyl (C=O) groups is 5. The predicted molar refractivity (Wildman–Crippen MR) is 112 cm³/mol. The fourth-order valence-corrected chi connectivity index (χ4v) is 3.23. The number of aliphatic hydroxyl groups excluding tert-OH is 2. The van der Waals surface area contributed by atoms with Crippen molar-refractivity contribution in [1.29, 1.82) is 0 Å². The maximum atomic E-state index is 12.4. The van der Waals surface area contributed by atoms with Gasteiger partial charge in [-0.05, 0) is 19.4 Å². The molecule has 2 heterocycles. The van der Waals surface area contributed by atoms with Crippen molar-refractivity contribution in [1.82, 2.24) is 20.9 Å². The van der Waals surface area contributed by atoms with Crippen molar-refractivity contribution in [2.24, 2.45) is 0 Å². The van der Waals surface area contributed by atoms with E-state index in [4.69, 9.17) is 14.6 Å². The summed E-state index contributed by atoms with van der Waals surface area (Å²) >= 11 is 0. The molecule has 1 saturated heterocycles. The second-order valence-electron chi connectivity index (χ2n) is 7.47. The first-order chi connectivity index (χ1) is 16.0. The van der Waals surface area contributed by atoms with E-state index in [0.717, 1.165) is 4.90 Å². The Morgan fingerprint density at radius 1 is 1.29 bits per heavy atom. The van der Waals surface area contributed by atoms with Gasteiger partial charge in [-0.1, -0.05) is 6.58 Å². The number of hydrogen-bond acceptors (Lipinski definition) is 9. The molecule has 0 aromatic carbocycles. The van der Waals surface area contributed by atoms with Gasteiger partial charge in [0, 0.05) is 24.9 Å². The number of carbonyl (C=O) groups excluding carboxylic acids is 4. The van der Waals surface area contributed by atoms with Gasteiger partial charge in [-0.15, -0.1) is 0 Å². The molecule has 0 aromatic heterocycles. The van der Waals surface area contributed by atoms with Gasteiger partial charge in [-0.2, -0.15) is 0 Å². The highest BCUT2D eigenvalue weighted by Gasteiger charge is 2.49. The molecule has 14 nitrogen and oxygen atoms in total. The standard InChI is InChI=1S/C20H28N4O10/c1-3-33-19(31)11(9-13(26)27)23-12(25)5-4-7-21-17(30)16-14(28)15(29)18(34-16)24-8-6-10(2)22-20(24)32/h6,8,11,14-16,18,28-29H,2-5,7,9H2,1H3,(H,21,30)(H,22,32)(H,23,25)(H,26,27)/t11?,14-,15+,16-,18+/m0/s1. The van der Waals surface area contributed by atoms with E-state index in [2.05, 4.69) is 22.5 Å². The van der Waals surface area contributed by atoms with Gasteiger partial charge in [0.25, 0.3) is 5.91 Å². The number of allylic oxidation sites excluding steroid dienone is 1. The zero-order valence-corrected chi connectivity index (χ0v) is 18.4. The number of amides is 4. The summed E-state index contributed by atoms with van der Waals surface area (Å²) in [7, 11) is 0. The molecule has 34 heavy (non-hydrogen) atoms. The molecule has 2 aliphatic rings. The minimum Gasteiger partial charge on any atom is -0.481 e. The van der Waals surface area contributed by atoms with Crippen molar-refractivity contribution in [3.05, 3.63) is 24.6 Å². The molecule has 0 spiro atoms. The predicted octanol–water partition coefficient (Wildman–Crippen LogP) is -2.10. The van der Waals surface area contributed by atoms with Crippen LogP contribution in [0.5, 0.6) is 0 Å². The zero-order valence-electron chi connectivity index (χ0n) is 18.4. The lowest BCUT2D eigenvalue weighted by molar-refractivity contribution is -0.151. The van der Waals surface area contributed by atoms with Gasteiger partial charge >= 0.3 is 18.0 Å². The fourth-order valence-electron chi connectivity index (χ4n) is 3.23. The molecular weight excluding hydrogens is 456 g/mol. The molecule has 0 radical (unpaired) electrons. The van der Waals surface area contributed by atoms with E-state index in [0.29, 0.717) is 5.70 Å². The number of esters is 1. The SMILES string of the molecule is C=C1C=CN([C@@H]2O[C@H](C(=O)NCCCC(=O)NC(CC(=O)O)C(=O)OCC)[C@@H](O)[C@H]2O)C(=O)N1. The first-order valence-corrected chi connectivity index (χ1v) is 10.5. The first-order valence-electron chi connectivity index (χ1n) is 10.5. The van der Waals surface area contributed by atoms with Crippen LogP contribution in [0.25, 0.3) is 0 Å². The van der Waals surface area contributed by atoms with Crippen LogP contribution in [0.1, 0.15) is 26.2 Å². The van der Waals surface area contributed by atoms with Crippen LogP contribution in [0.2, 0.25) is 0 Å². The Labute approximate surface area is 194 Å². The molecule has 4 amide bonds. The van der Waals surface area contributed by atoms with E-state index in [9.17, 15) is 34.2 Å². The number of urea groups is 1. The molecule has 0 bridgehead atoms. The highest BCUT2D eigenvalue weighted by molar-refractivity contribution is 5.87. The van der Waals surface area contributed by atoms with Gasteiger partial charge in [0.15, 0.2) is 12.3 Å². The molecule has 6 N–H and O–H groups in total. The number of nitrogens with zero attached hydrogens (tertiary/aromatic N) is 1. The number of nitrogens with one attached hydrogen (secondary N) is 3. The topological polar surface area (TPSA) is 204 Å². The molecule has 0 aliphatic carbocycles. The first kappa shape index (κ1) is 26.8. The molecule has 1 unspecified atom stereocenters. The Morgan fingerprint density at radius 3 is 2.62 bits per heavy atom. The quantitative estimate of drug-likeness (QED) is 0.139. The van der Waals surface area contributed by atoms with Crippen LogP contribution in [0, 0.1) is 0 Å². The normalized spacial score (nSPS) is 24.9. The summed E-state index contributed by atoms with van der Waals surface area (Å²) in [6, 6.07) is -1.99. The highest BCUT2D eigenvalue weighted by Crippen LogP contribution is 2.26. The molecule has 188 valence electrons. The van der Waals surface area contributed by atoms with Crippen LogP contribution in [0.4, 0.5) is 4.79 Å². The number of carboxylic acid groups (broad SMARTS) is 1. The monoisotopic (exact) mass is 484 g/mol. The van der Waals surface area contributed by atoms with Gasteiger partial charge in [0.1, 0.15) is 18.2 Å². The van der Waals surface area contributed by atoms with Crippen LogP contribution in [-0.4, -0.2) is 93.7 Å². The summed E-state index contributed by atoms with van der Waals surface area (Å²) in [5.74, 6) is -3.54. The minimum absolute atomic E-state index is 0.0213. The summed E-state index contributed by atoms with van der Waals surface area (Å²) in [5.41, 5.74) is 0.323. The van der Waals surface area contributed by atoms with Crippen LogP contribution in [-0.2, 0) is 28.7 Å². The molecule has 0 saturated carbocycles. The largest absolute Gasteiger partial charge is 0.481 e. The van der Waals surface area contributed by atoms with Crippen molar-refractivity contribution >= 4 is 29.8 Å². The molecular formula is C20H28N4O10. The second kappa shape index (κ2) is 12.1. The lowest BCUT2D eigenvalue weighted by Gasteiger charge is -2.29. The van der Waals surface area contributed by atoms with Gasteiger partial charge in [-0.25, -0.2) is 9.59 Å². The second-order valence-corrected chi connectivity index (χ2v) is 7.47. The maximum Gasteiger partial charge on any atom is 0.329 e. The third-order valence-electron chi connectivity index (χ3n) is 4.87. The van der Waals surface area contributed by atoms with Crippen molar-refractivity contribution in [3.8, 4) is 0 Å². The number of hydrogen-bond donors (Lipinski definition) is 6. The number of carboxylic acids is 1. The maximum absolute atomic E-state index is 12.4. The molecule has 14 heteroatoms. The van der Waals surface area contributed by atoms with Crippen molar-refractivity contribution in [3.63, 3.8) is 0 Å². The smallest absolute Gasteiger partial charge is 0.329 e. The minimum atomic E-state index is -1.61. The van der Waals surface area contributed by atoms with E-state index in [1.54, 1.807) is 6.92 Å². The average Bonchev–Trinajstić information content (AvgIpc) is 3.05. The summed E-state index contributed by atoms with van der Waals surface area (Å²) < 4.78 is 10.1. The summed E-state index contributed by atoms with van der Waals surface area (Å²) in [5, 5.41) is 36.4. The Morgan fingerprint density at radius 2 is 2.00 bits per heavy atom. The van der Waals surface area contributed by atoms with Crippen molar-refractivity contribution in [2.75, 3.05) is 13.2 Å². The van der Waals surface area contributed by atoms with Crippen LogP contribution in [0.15, 0.2) is 24.6 Å². The van der Waals surface area contributed by atoms with Crippen LogP contribution < -0.4 is 16.0 Å². The average molecular weight is 484 g/mol. The lowest BCUT2D eigenvalue weighted by atomic mass is 10.1. The van der Waals surface area contributed by atoms with Gasteiger partial charge in [0.05, 0.1) is 13.0 Å². The molecule has 5 atom stereocenters. The molecule has 2 aliphatic heterocycles. The summed E-state index contributed by atoms with van der Waals surface area (Å²) in [6.07, 6.45) is -3.86. The van der Waals surface area contributed by atoms with Crippen molar-refractivity contribution in [2.45, 2.75) is 56.8 Å². The van der Waals surface area contributed by atoms with Gasteiger partial charge < -0.3 is 40.7 Å². The fraction of sp³-hybridized carbons (Fsp3) is 0.550. The molecule has 2 rings (SSSR count). The summed E-state index contributed by atoms with van der Waals surface area (Å²) in [6.45, 7) is 5.11.